The molecule has 0 spiro atoms. The van der Waals surface area contributed by atoms with Crippen molar-refractivity contribution in [2.75, 3.05) is 5.32 Å². The Morgan fingerprint density at radius 2 is 1.84 bits per heavy atom. The molecule has 0 saturated carbocycles. The summed E-state index contributed by atoms with van der Waals surface area (Å²) in [6.07, 6.45) is 1.65. The first-order chi connectivity index (χ1) is 12.0. The smallest absolute Gasteiger partial charge is 0.258 e. The molecule has 3 rings (SSSR count). The third-order valence-electron chi connectivity index (χ3n) is 3.64. The largest absolute Gasteiger partial charge is 0.331 e. The average Bonchev–Trinajstić information content (AvgIpc) is 2.95. The van der Waals surface area contributed by atoms with E-state index in [1.54, 1.807) is 10.9 Å². The fourth-order valence-corrected chi connectivity index (χ4v) is 2.84. The molecular weight excluding hydrogens is 334 g/mol. The monoisotopic (exact) mass is 353 g/mol. The van der Waals surface area contributed by atoms with Gasteiger partial charge in [-0.15, -0.1) is 0 Å². The van der Waals surface area contributed by atoms with Gasteiger partial charge in [0.1, 0.15) is 6.54 Å². The number of rotatable bonds is 3. The van der Waals surface area contributed by atoms with Crippen LogP contribution < -0.4 is 16.2 Å². The lowest BCUT2D eigenvalue weighted by Crippen LogP contribution is -2.45. The van der Waals surface area contributed by atoms with Crippen LogP contribution >= 0.6 is 12.2 Å². The van der Waals surface area contributed by atoms with Crippen LogP contribution in [0, 0.1) is 13.8 Å². The lowest BCUT2D eigenvalue weighted by atomic mass is 10.1. The Kier molecular flexibility index (Phi) is 4.95. The second-order valence-corrected chi connectivity index (χ2v) is 6.27. The number of amides is 1. The zero-order valence-electron chi connectivity index (χ0n) is 14.0. The van der Waals surface area contributed by atoms with Crippen molar-refractivity contribution in [3.05, 3.63) is 59.9 Å². The Morgan fingerprint density at radius 1 is 1.12 bits per heavy atom. The number of hydrogen-bond acceptors (Lipinski definition) is 3. The number of aryl methyl sites for hydroxylation is 2. The quantitative estimate of drug-likeness (QED) is 0.499. The molecule has 128 valence electrons. The summed E-state index contributed by atoms with van der Waals surface area (Å²) in [7, 11) is 0. The number of carbonyl (C=O) groups is 1. The van der Waals surface area contributed by atoms with Crippen molar-refractivity contribution in [1.82, 2.24) is 20.4 Å². The topological polar surface area (TPSA) is 71.0 Å². The molecule has 0 saturated heterocycles. The highest BCUT2D eigenvalue weighted by Crippen LogP contribution is 2.13. The third-order valence-corrected chi connectivity index (χ3v) is 3.84. The summed E-state index contributed by atoms with van der Waals surface area (Å²) in [6, 6.07) is 13.7. The van der Waals surface area contributed by atoms with Gasteiger partial charge in [0.2, 0.25) is 0 Å². The molecule has 0 bridgehead atoms. The standard InChI is InChI=1S/C18H19N5OS/c1-12-7-13(2)9-14(8-12)20-18(25)22-21-17(24)10-23-11-19-15-5-3-4-6-16(15)23/h3-9,11H,10H2,1-2H3,(H,21,24)(H2,20,22,25). The predicted octanol–water partition coefficient (Wildman–Crippen LogP) is 2.67. The van der Waals surface area contributed by atoms with E-state index in [1.165, 1.54) is 0 Å². The van der Waals surface area contributed by atoms with Gasteiger partial charge in [-0.05, 0) is 61.5 Å². The maximum Gasteiger partial charge on any atom is 0.258 e. The summed E-state index contributed by atoms with van der Waals surface area (Å²) in [5.41, 5.74) is 10.2. The molecule has 1 amide bonds. The molecule has 6 nitrogen and oxygen atoms in total. The molecule has 7 heteroatoms. The van der Waals surface area contributed by atoms with Gasteiger partial charge in [-0.25, -0.2) is 4.98 Å². The molecule has 0 aliphatic rings. The molecule has 3 N–H and O–H groups in total. The van der Waals surface area contributed by atoms with Gasteiger partial charge < -0.3 is 9.88 Å². The summed E-state index contributed by atoms with van der Waals surface area (Å²) in [5.74, 6) is -0.215. The van der Waals surface area contributed by atoms with Gasteiger partial charge in [0.05, 0.1) is 17.4 Å². The molecule has 0 radical (unpaired) electrons. The number of nitrogens with one attached hydrogen (secondary N) is 3. The first-order valence-corrected chi connectivity index (χ1v) is 8.26. The number of hydrazine groups is 1. The summed E-state index contributed by atoms with van der Waals surface area (Å²) >= 11 is 5.21. The second kappa shape index (κ2) is 7.31. The van der Waals surface area contributed by atoms with Crippen LogP contribution in [-0.4, -0.2) is 20.6 Å². The molecular formula is C18H19N5OS. The minimum atomic E-state index is -0.215. The van der Waals surface area contributed by atoms with E-state index < -0.39 is 0 Å². The summed E-state index contributed by atoms with van der Waals surface area (Å²) in [4.78, 5) is 16.4. The Hall–Kier alpha value is -2.93. The number of benzene rings is 2. The molecule has 0 aliphatic heterocycles. The Bertz CT molecular complexity index is 914. The zero-order valence-corrected chi connectivity index (χ0v) is 14.9. The number of hydrogen-bond donors (Lipinski definition) is 3. The van der Waals surface area contributed by atoms with E-state index in [9.17, 15) is 4.79 Å². The Balaban J connectivity index is 1.54. The molecule has 0 aliphatic carbocycles. The zero-order chi connectivity index (χ0) is 17.8. The van der Waals surface area contributed by atoms with Crippen molar-refractivity contribution in [3.8, 4) is 0 Å². The van der Waals surface area contributed by atoms with Gasteiger partial charge in [-0.3, -0.25) is 15.6 Å². The van der Waals surface area contributed by atoms with Gasteiger partial charge in [0, 0.05) is 5.69 Å². The normalized spacial score (nSPS) is 10.5. The molecule has 3 aromatic rings. The molecule has 1 heterocycles. The van der Waals surface area contributed by atoms with E-state index >= 15 is 0 Å². The summed E-state index contributed by atoms with van der Waals surface area (Å²) < 4.78 is 1.78. The van der Waals surface area contributed by atoms with Crippen molar-refractivity contribution in [1.29, 1.82) is 0 Å². The van der Waals surface area contributed by atoms with Crippen molar-refractivity contribution in [3.63, 3.8) is 0 Å². The first kappa shape index (κ1) is 16.9. The van der Waals surface area contributed by atoms with Crippen molar-refractivity contribution in [2.45, 2.75) is 20.4 Å². The van der Waals surface area contributed by atoms with Crippen LogP contribution in [0.1, 0.15) is 11.1 Å². The fourth-order valence-electron chi connectivity index (χ4n) is 2.67. The van der Waals surface area contributed by atoms with Crippen molar-refractivity contribution in [2.24, 2.45) is 0 Å². The number of anilines is 1. The summed E-state index contributed by atoms with van der Waals surface area (Å²) in [6.45, 7) is 4.19. The van der Waals surface area contributed by atoms with Gasteiger partial charge in [0.25, 0.3) is 5.91 Å². The molecule has 2 aromatic carbocycles. The third kappa shape index (κ3) is 4.33. The van der Waals surface area contributed by atoms with E-state index in [4.69, 9.17) is 12.2 Å². The molecule has 25 heavy (non-hydrogen) atoms. The van der Waals surface area contributed by atoms with E-state index in [1.807, 2.05) is 50.2 Å². The number of fused-ring (bicyclic) bond motifs is 1. The van der Waals surface area contributed by atoms with Gasteiger partial charge in [0.15, 0.2) is 5.11 Å². The predicted molar refractivity (Wildman–Crippen MR) is 103 cm³/mol. The fraction of sp³-hybridized carbons (Fsp3) is 0.167. The Morgan fingerprint density at radius 3 is 2.60 bits per heavy atom. The molecule has 0 atom stereocenters. The lowest BCUT2D eigenvalue weighted by molar-refractivity contribution is -0.122. The van der Waals surface area contributed by atoms with Crippen molar-refractivity contribution >= 4 is 40.0 Å². The minimum absolute atomic E-state index is 0.152. The van der Waals surface area contributed by atoms with E-state index in [2.05, 4.69) is 27.2 Å². The first-order valence-electron chi connectivity index (χ1n) is 7.85. The number of aromatic nitrogens is 2. The SMILES string of the molecule is Cc1cc(C)cc(NC(=S)NNC(=O)Cn2cnc3ccccc32)c1. The average molecular weight is 353 g/mol. The van der Waals surface area contributed by atoms with Crippen LogP contribution in [0.25, 0.3) is 11.0 Å². The Labute approximate surface area is 151 Å². The maximum atomic E-state index is 12.1. The van der Waals surface area contributed by atoms with Crippen LogP contribution in [0.5, 0.6) is 0 Å². The number of nitrogens with zero attached hydrogens (tertiary/aromatic N) is 2. The van der Waals surface area contributed by atoms with Crippen molar-refractivity contribution < 1.29 is 4.79 Å². The number of carbonyl (C=O) groups excluding carboxylic acids is 1. The van der Waals surface area contributed by atoms with E-state index in [-0.39, 0.29) is 12.5 Å². The highest BCUT2D eigenvalue weighted by atomic mass is 32.1. The van der Waals surface area contributed by atoms with Gasteiger partial charge in [-0.1, -0.05) is 18.2 Å². The molecule has 1 aromatic heterocycles. The highest BCUT2D eigenvalue weighted by molar-refractivity contribution is 7.80. The maximum absolute atomic E-state index is 12.1. The molecule has 0 fully saturated rings. The molecule has 0 unspecified atom stereocenters. The van der Waals surface area contributed by atoms with E-state index in [0.29, 0.717) is 5.11 Å². The van der Waals surface area contributed by atoms with Gasteiger partial charge >= 0.3 is 0 Å². The minimum Gasteiger partial charge on any atom is -0.331 e. The van der Waals surface area contributed by atoms with Crippen LogP contribution in [0.3, 0.4) is 0 Å². The van der Waals surface area contributed by atoms with Crippen LogP contribution in [0.4, 0.5) is 5.69 Å². The van der Waals surface area contributed by atoms with Crippen LogP contribution in [0.2, 0.25) is 0 Å². The van der Waals surface area contributed by atoms with Crippen LogP contribution in [-0.2, 0) is 11.3 Å². The lowest BCUT2D eigenvalue weighted by Gasteiger charge is -2.13. The number of imidazole rings is 1. The van der Waals surface area contributed by atoms with E-state index in [0.717, 1.165) is 27.8 Å². The second-order valence-electron chi connectivity index (χ2n) is 5.86. The van der Waals surface area contributed by atoms with Gasteiger partial charge in [-0.2, -0.15) is 0 Å². The highest BCUT2D eigenvalue weighted by Gasteiger charge is 2.07. The number of thiocarbonyl (C=S) groups is 1. The van der Waals surface area contributed by atoms with Crippen LogP contribution in [0.15, 0.2) is 48.8 Å². The number of para-hydroxylation sites is 2. The summed E-state index contributed by atoms with van der Waals surface area (Å²) in [5, 5.41) is 3.38.